The van der Waals surface area contributed by atoms with E-state index in [0.29, 0.717) is 0 Å². The van der Waals surface area contributed by atoms with Gasteiger partial charge in [0.1, 0.15) is 5.75 Å². The van der Waals surface area contributed by atoms with Crippen LogP contribution in [0.2, 0.25) is 0 Å². The highest BCUT2D eigenvalue weighted by Gasteiger charge is 2.11. The molecule has 1 aromatic rings. The van der Waals surface area contributed by atoms with E-state index >= 15 is 0 Å². The summed E-state index contributed by atoms with van der Waals surface area (Å²) >= 11 is 0. The van der Waals surface area contributed by atoms with E-state index in [1.165, 1.54) is 11.1 Å². The minimum atomic E-state index is 0.211. The fourth-order valence-corrected chi connectivity index (χ4v) is 1.79. The summed E-state index contributed by atoms with van der Waals surface area (Å²) in [7, 11) is 0. The fraction of sp³-hybridized carbons (Fsp3) is 0.500. The van der Waals surface area contributed by atoms with Crippen LogP contribution in [0.5, 0.6) is 5.75 Å². The Bertz CT molecular complexity index is 336. The van der Waals surface area contributed by atoms with Crippen molar-refractivity contribution in [2.45, 2.75) is 25.9 Å². The Morgan fingerprint density at radius 2 is 2.40 bits per heavy atom. The van der Waals surface area contributed by atoms with E-state index in [4.69, 9.17) is 10.5 Å². The second-order valence-corrected chi connectivity index (χ2v) is 4.15. The molecule has 3 heteroatoms. The van der Waals surface area contributed by atoms with E-state index in [1.54, 1.807) is 0 Å². The third kappa shape index (κ3) is 2.70. The number of ether oxygens (including phenoxy) is 1. The van der Waals surface area contributed by atoms with E-state index in [1.807, 2.05) is 6.92 Å². The largest absolute Gasteiger partial charge is 0.493 e. The summed E-state index contributed by atoms with van der Waals surface area (Å²) < 4.78 is 5.46. The second kappa shape index (κ2) is 4.64. The highest BCUT2D eigenvalue weighted by molar-refractivity contribution is 5.39. The minimum Gasteiger partial charge on any atom is -0.493 e. The molecule has 1 aromatic carbocycles. The van der Waals surface area contributed by atoms with Gasteiger partial charge in [-0.3, -0.25) is 0 Å². The maximum Gasteiger partial charge on any atom is 0.122 e. The van der Waals surface area contributed by atoms with Gasteiger partial charge >= 0.3 is 0 Å². The lowest BCUT2D eigenvalue weighted by atomic mass is 10.1. The van der Waals surface area contributed by atoms with Crippen molar-refractivity contribution in [1.29, 1.82) is 0 Å². The van der Waals surface area contributed by atoms with E-state index in [-0.39, 0.29) is 6.04 Å². The SMILES string of the molecule is CC(N)CNCc1ccc2c(c1)CCO2. The van der Waals surface area contributed by atoms with Gasteiger partial charge in [-0.2, -0.15) is 0 Å². The molecule has 0 spiro atoms. The Labute approximate surface area is 90.6 Å². The number of nitrogens with one attached hydrogen (secondary N) is 1. The van der Waals surface area contributed by atoms with E-state index in [2.05, 4.69) is 23.5 Å². The number of hydrogen-bond donors (Lipinski definition) is 2. The van der Waals surface area contributed by atoms with Crippen molar-refractivity contribution < 1.29 is 4.74 Å². The summed E-state index contributed by atoms with van der Waals surface area (Å²) in [6, 6.07) is 6.60. The molecule has 15 heavy (non-hydrogen) atoms. The van der Waals surface area contributed by atoms with Gasteiger partial charge in [-0.25, -0.2) is 0 Å². The fourth-order valence-electron chi connectivity index (χ4n) is 1.79. The van der Waals surface area contributed by atoms with E-state index in [0.717, 1.165) is 31.9 Å². The van der Waals surface area contributed by atoms with E-state index < -0.39 is 0 Å². The molecule has 82 valence electrons. The van der Waals surface area contributed by atoms with Crippen LogP contribution >= 0.6 is 0 Å². The maximum atomic E-state index is 5.66. The average Bonchev–Trinajstić information content (AvgIpc) is 2.64. The molecule has 0 amide bonds. The average molecular weight is 206 g/mol. The third-order valence-electron chi connectivity index (χ3n) is 2.55. The molecular weight excluding hydrogens is 188 g/mol. The van der Waals surface area contributed by atoms with Crippen LogP contribution in [0.1, 0.15) is 18.1 Å². The Hall–Kier alpha value is -1.06. The van der Waals surface area contributed by atoms with Crippen molar-refractivity contribution >= 4 is 0 Å². The molecule has 1 aliphatic rings. The molecule has 3 nitrogen and oxygen atoms in total. The smallest absolute Gasteiger partial charge is 0.122 e. The van der Waals surface area contributed by atoms with Crippen LogP contribution in [-0.2, 0) is 13.0 Å². The normalized spacial score (nSPS) is 15.9. The van der Waals surface area contributed by atoms with Gasteiger partial charge in [0, 0.05) is 25.6 Å². The molecule has 0 saturated heterocycles. The Balaban J connectivity index is 1.92. The second-order valence-electron chi connectivity index (χ2n) is 4.15. The summed E-state index contributed by atoms with van der Waals surface area (Å²) in [6.07, 6.45) is 1.04. The number of hydrogen-bond acceptors (Lipinski definition) is 3. The van der Waals surface area contributed by atoms with Crippen LogP contribution in [0.15, 0.2) is 18.2 Å². The van der Waals surface area contributed by atoms with Gasteiger partial charge in [-0.05, 0) is 24.1 Å². The number of benzene rings is 1. The standard InChI is InChI=1S/C12H18N2O/c1-9(13)7-14-8-10-2-3-12-11(6-10)4-5-15-12/h2-3,6,9,14H,4-5,7-8,13H2,1H3. The number of fused-ring (bicyclic) bond motifs is 1. The minimum absolute atomic E-state index is 0.211. The van der Waals surface area contributed by atoms with Crippen molar-refractivity contribution in [2.75, 3.05) is 13.2 Å². The molecule has 0 aliphatic carbocycles. The molecule has 1 aliphatic heterocycles. The van der Waals surface area contributed by atoms with Crippen LogP contribution < -0.4 is 15.8 Å². The zero-order valence-electron chi connectivity index (χ0n) is 9.12. The predicted octanol–water partition coefficient (Wildman–Crippen LogP) is 1.06. The van der Waals surface area contributed by atoms with Crippen molar-refractivity contribution in [2.24, 2.45) is 5.73 Å². The van der Waals surface area contributed by atoms with Crippen LogP contribution in [0.4, 0.5) is 0 Å². The lowest BCUT2D eigenvalue weighted by Crippen LogP contribution is -2.30. The van der Waals surface area contributed by atoms with Crippen LogP contribution in [0.3, 0.4) is 0 Å². The Morgan fingerprint density at radius 3 is 3.20 bits per heavy atom. The molecule has 1 atom stereocenters. The van der Waals surface area contributed by atoms with Gasteiger partial charge in [0.15, 0.2) is 0 Å². The first kappa shape index (κ1) is 10.5. The number of rotatable bonds is 4. The Morgan fingerprint density at radius 1 is 1.53 bits per heavy atom. The van der Waals surface area contributed by atoms with Crippen molar-refractivity contribution in [3.05, 3.63) is 29.3 Å². The number of nitrogens with two attached hydrogens (primary N) is 1. The summed E-state index contributed by atoms with van der Waals surface area (Å²) in [6.45, 7) is 4.57. The lowest BCUT2D eigenvalue weighted by Gasteiger charge is -2.08. The van der Waals surface area contributed by atoms with Crippen molar-refractivity contribution in [3.63, 3.8) is 0 Å². The first-order valence-electron chi connectivity index (χ1n) is 5.46. The van der Waals surface area contributed by atoms with Crippen molar-refractivity contribution in [1.82, 2.24) is 5.32 Å². The summed E-state index contributed by atoms with van der Waals surface area (Å²) in [5.41, 5.74) is 8.30. The molecule has 1 unspecified atom stereocenters. The molecule has 2 rings (SSSR count). The molecule has 0 radical (unpaired) electrons. The third-order valence-corrected chi connectivity index (χ3v) is 2.55. The molecule has 0 aromatic heterocycles. The molecule has 0 fully saturated rings. The van der Waals surface area contributed by atoms with Crippen LogP contribution in [0, 0.1) is 0 Å². The van der Waals surface area contributed by atoms with Gasteiger partial charge in [0.05, 0.1) is 6.61 Å². The Kier molecular flexibility index (Phi) is 3.23. The zero-order chi connectivity index (χ0) is 10.7. The monoisotopic (exact) mass is 206 g/mol. The van der Waals surface area contributed by atoms with Gasteiger partial charge in [-0.1, -0.05) is 12.1 Å². The first-order chi connectivity index (χ1) is 7.25. The van der Waals surface area contributed by atoms with Gasteiger partial charge in [0.2, 0.25) is 0 Å². The molecule has 1 heterocycles. The first-order valence-corrected chi connectivity index (χ1v) is 5.46. The highest BCUT2D eigenvalue weighted by Crippen LogP contribution is 2.25. The summed E-state index contributed by atoms with van der Waals surface area (Å²) in [4.78, 5) is 0. The van der Waals surface area contributed by atoms with E-state index in [9.17, 15) is 0 Å². The zero-order valence-corrected chi connectivity index (χ0v) is 9.12. The summed E-state index contributed by atoms with van der Waals surface area (Å²) in [5.74, 6) is 1.05. The topological polar surface area (TPSA) is 47.3 Å². The van der Waals surface area contributed by atoms with Crippen LogP contribution in [0.25, 0.3) is 0 Å². The van der Waals surface area contributed by atoms with Gasteiger partial charge in [0.25, 0.3) is 0 Å². The molecule has 0 bridgehead atoms. The van der Waals surface area contributed by atoms with Gasteiger partial charge < -0.3 is 15.8 Å². The van der Waals surface area contributed by atoms with Gasteiger partial charge in [-0.15, -0.1) is 0 Å². The molecular formula is C12H18N2O. The molecule has 3 N–H and O–H groups in total. The summed E-state index contributed by atoms with van der Waals surface area (Å²) in [5, 5.41) is 3.33. The predicted molar refractivity (Wildman–Crippen MR) is 61.0 cm³/mol. The highest BCUT2D eigenvalue weighted by atomic mass is 16.5. The van der Waals surface area contributed by atoms with Crippen LogP contribution in [-0.4, -0.2) is 19.2 Å². The lowest BCUT2D eigenvalue weighted by molar-refractivity contribution is 0.357. The van der Waals surface area contributed by atoms with Crippen molar-refractivity contribution in [3.8, 4) is 5.75 Å². The molecule has 0 saturated carbocycles. The maximum absolute atomic E-state index is 5.66. The quantitative estimate of drug-likeness (QED) is 0.774.